The van der Waals surface area contributed by atoms with Crippen LogP contribution in [0.3, 0.4) is 0 Å². The minimum atomic E-state index is -0.176. The summed E-state index contributed by atoms with van der Waals surface area (Å²) in [5, 5.41) is 0. The highest BCUT2D eigenvalue weighted by atomic mass is 19.1. The van der Waals surface area contributed by atoms with E-state index in [1.165, 1.54) is 31.7 Å². The normalized spacial score (nSPS) is 23.6. The Balaban J connectivity index is 2.01. The quantitative estimate of drug-likeness (QED) is 0.662. The van der Waals surface area contributed by atoms with E-state index in [-0.39, 0.29) is 17.4 Å². The highest BCUT2D eigenvalue weighted by molar-refractivity contribution is 5.33. The molecular formula is C17H26FN3. The predicted octanol–water partition coefficient (Wildman–Crippen LogP) is 3.05. The highest BCUT2D eigenvalue weighted by Gasteiger charge is 2.47. The van der Waals surface area contributed by atoms with Crippen molar-refractivity contribution in [2.75, 3.05) is 13.1 Å². The molecule has 1 unspecified atom stereocenters. The van der Waals surface area contributed by atoms with Crippen molar-refractivity contribution in [2.45, 2.75) is 57.0 Å². The molecule has 1 heterocycles. The molecule has 0 amide bonds. The molecule has 4 heteroatoms. The molecule has 1 aromatic rings. The van der Waals surface area contributed by atoms with Gasteiger partial charge < -0.3 is 0 Å². The van der Waals surface area contributed by atoms with Gasteiger partial charge in [-0.05, 0) is 69.0 Å². The van der Waals surface area contributed by atoms with Gasteiger partial charge in [-0.25, -0.2) is 4.39 Å². The van der Waals surface area contributed by atoms with E-state index in [1.54, 1.807) is 6.07 Å². The zero-order valence-electron chi connectivity index (χ0n) is 12.9. The molecule has 0 radical (unpaired) electrons. The summed E-state index contributed by atoms with van der Waals surface area (Å²) in [6.07, 6.45) is 7.31. The second-order valence-corrected chi connectivity index (χ2v) is 6.61. The van der Waals surface area contributed by atoms with Crippen LogP contribution in [-0.2, 0) is 0 Å². The van der Waals surface area contributed by atoms with Gasteiger partial charge in [0.05, 0.1) is 6.04 Å². The molecule has 2 fully saturated rings. The van der Waals surface area contributed by atoms with E-state index in [1.807, 2.05) is 13.0 Å². The molecule has 1 atom stereocenters. The van der Waals surface area contributed by atoms with Gasteiger partial charge in [-0.3, -0.25) is 16.2 Å². The van der Waals surface area contributed by atoms with Gasteiger partial charge in [-0.1, -0.05) is 18.9 Å². The lowest BCUT2D eigenvalue weighted by atomic mass is 9.81. The van der Waals surface area contributed by atoms with Crippen LogP contribution in [0.2, 0.25) is 0 Å². The van der Waals surface area contributed by atoms with E-state index in [2.05, 4.69) is 10.3 Å². The van der Waals surface area contributed by atoms with Crippen molar-refractivity contribution in [1.29, 1.82) is 0 Å². The largest absolute Gasteiger partial charge is 0.296 e. The van der Waals surface area contributed by atoms with Crippen molar-refractivity contribution in [2.24, 2.45) is 5.84 Å². The number of benzene rings is 1. The minimum absolute atomic E-state index is 0.00815. The summed E-state index contributed by atoms with van der Waals surface area (Å²) < 4.78 is 13.8. The van der Waals surface area contributed by atoms with Gasteiger partial charge >= 0.3 is 0 Å². The Morgan fingerprint density at radius 1 is 1.19 bits per heavy atom. The summed E-state index contributed by atoms with van der Waals surface area (Å²) >= 11 is 0. The molecule has 116 valence electrons. The average molecular weight is 291 g/mol. The summed E-state index contributed by atoms with van der Waals surface area (Å²) in [5.41, 5.74) is 5.23. The number of hydrogen-bond donors (Lipinski definition) is 2. The number of rotatable bonds is 4. The molecular weight excluding hydrogens is 265 g/mol. The number of hydrazine groups is 1. The van der Waals surface area contributed by atoms with Gasteiger partial charge in [0, 0.05) is 5.54 Å². The smallest absolute Gasteiger partial charge is 0.123 e. The van der Waals surface area contributed by atoms with Gasteiger partial charge in [-0.2, -0.15) is 0 Å². The summed E-state index contributed by atoms with van der Waals surface area (Å²) in [6, 6.07) is 5.06. The number of likely N-dealkylation sites (tertiary alicyclic amines) is 1. The average Bonchev–Trinajstić information content (AvgIpc) is 3.14. The third-order valence-electron chi connectivity index (χ3n) is 5.46. The number of nitrogens with one attached hydrogen (secondary N) is 1. The Hall–Kier alpha value is -0.970. The topological polar surface area (TPSA) is 41.3 Å². The predicted molar refractivity (Wildman–Crippen MR) is 83.2 cm³/mol. The Kier molecular flexibility index (Phi) is 4.29. The van der Waals surface area contributed by atoms with Gasteiger partial charge in [0.1, 0.15) is 5.82 Å². The highest BCUT2D eigenvalue weighted by Crippen LogP contribution is 2.46. The second kappa shape index (κ2) is 6.03. The molecule has 21 heavy (non-hydrogen) atoms. The first kappa shape index (κ1) is 14.9. The lowest BCUT2D eigenvalue weighted by Crippen LogP contribution is -2.55. The molecule has 0 spiro atoms. The summed E-state index contributed by atoms with van der Waals surface area (Å²) in [7, 11) is 0. The molecule has 0 bridgehead atoms. The molecule has 1 saturated carbocycles. The van der Waals surface area contributed by atoms with Gasteiger partial charge in [-0.15, -0.1) is 0 Å². The maximum atomic E-state index is 13.8. The Bertz CT molecular complexity index is 491. The van der Waals surface area contributed by atoms with Crippen LogP contribution in [0.15, 0.2) is 18.2 Å². The fourth-order valence-electron chi connectivity index (χ4n) is 4.39. The van der Waals surface area contributed by atoms with Crippen molar-refractivity contribution in [3.63, 3.8) is 0 Å². The molecule has 3 rings (SSSR count). The van der Waals surface area contributed by atoms with Crippen molar-refractivity contribution in [1.82, 2.24) is 10.3 Å². The fraction of sp³-hybridized carbons (Fsp3) is 0.647. The zero-order chi connectivity index (χ0) is 14.9. The Labute approximate surface area is 126 Å². The molecule has 1 saturated heterocycles. The molecule has 1 aliphatic heterocycles. The summed E-state index contributed by atoms with van der Waals surface area (Å²) in [4.78, 5) is 2.61. The fourth-order valence-corrected chi connectivity index (χ4v) is 4.39. The monoisotopic (exact) mass is 291 g/mol. The third-order valence-corrected chi connectivity index (χ3v) is 5.46. The lowest BCUT2D eigenvalue weighted by Gasteiger charge is -2.45. The maximum Gasteiger partial charge on any atom is 0.123 e. The first-order valence-corrected chi connectivity index (χ1v) is 8.14. The summed E-state index contributed by atoms with van der Waals surface area (Å²) in [5.74, 6) is 5.78. The van der Waals surface area contributed by atoms with Crippen molar-refractivity contribution < 1.29 is 4.39 Å². The van der Waals surface area contributed by atoms with Crippen molar-refractivity contribution in [3.05, 3.63) is 35.1 Å². The van der Waals surface area contributed by atoms with Crippen molar-refractivity contribution >= 4 is 0 Å². The van der Waals surface area contributed by atoms with E-state index >= 15 is 0 Å². The molecule has 1 aromatic carbocycles. The molecule has 1 aliphatic carbocycles. The molecule has 3 N–H and O–H groups in total. The number of hydrogen-bond acceptors (Lipinski definition) is 3. The SMILES string of the molecule is Cc1ccc(F)cc1C(NN)C1(N2CCCC2)CCCC1. The lowest BCUT2D eigenvalue weighted by molar-refractivity contribution is 0.0761. The zero-order valence-corrected chi connectivity index (χ0v) is 12.9. The minimum Gasteiger partial charge on any atom is -0.296 e. The first-order chi connectivity index (χ1) is 10.2. The van der Waals surface area contributed by atoms with Crippen LogP contribution in [-0.4, -0.2) is 23.5 Å². The van der Waals surface area contributed by atoms with Crippen LogP contribution in [0.5, 0.6) is 0 Å². The van der Waals surface area contributed by atoms with Gasteiger partial charge in [0.15, 0.2) is 0 Å². The second-order valence-electron chi connectivity index (χ2n) is 6.61. The first-order valence-electron chi connectivity index (χ1n) is 8.14. The standard InChI is InChI=1S/C17H26FN3/c1-13-6-7-14(18)12-15(13)16(20-19)17(8-2-3-9-17)21-10-4-5-11-21/h6-7,12,16,20H,2-5,8-11,19H2,1H3. The Morgan fingerprint density at radius 2 is 1.86 bits per heavy atom. The molecule has 0 aromatic heterocycles. The van der Waals surface area contributed by atoms with Gasteiger partial charge in [0.2, 0.25) is 0 Å². The van der Waals surface area contributed by atoms with E-state index < -0.39 is 0 Å². The Morgan fingerprint density at radius 3 is 2.48 bits per heavy atom. The van der Waals surface area contributed by atoms with E-state index in [0.717, 1.165) is 37.1 Å². The van der Waals surface area contributed by atoms with Crippen LogP contribution < -0.4 is 11.3 Å². The number of aryl methyl sites for hydroxylation is 1. The van der Waals surface area contributed by atoms with E-state index in [0.29, 0.717) is 0 Å². The number of halogens is 1. The number of nitrogens with zero attached hydrogens (tertiary/aromatic N) is 1. The van der Waals surface area contributed by atoms with Crippen LogP contribution in [0.4, 0.5) is 4.39 Å². The maximum absolute atomic E-state index is 13.8. The van der Waals surface area contributed by atoms with E-state index in [9.17, 15) is 4.39 Å². The van der Waals surface area contributed by atoms with Crippen LogP contribution >= 0.6 is 0 Å². The van der Waals surface area contributed by atoms with Crippen LogP contribution in [0.25, 0.3) is 0 Å². The number of nitrogens with two attached hydrogens (primary N) is 1. The third kappa shape index (κ3) is 2.60. The molecule has 2 aliphatic rings. The van der Waals surface area contributed by atoms with E-state index in [4.69, 9.17) is 5.84 Å². The summed E-state index contributed by atoms with van der Waals surface area (Å²) in [6.45, 7) is 4.34. The molecule has 3 nitrogen and oxygen atoms in total. The van der Waals surface area contributed by atoms with Crippen LogP contribution in [0.1, 0.15) is 55.7 Å². The van der Waals surface area contributed by atoms with Crippen LogP contribution in [0, 0.1) is 12.7 Å². The van der Waals surface area contributed by atoms with Gasteiger partial charge in [0.25, 0.3) is 0 Å². The van der Waals surface area contributed by atoms with Crippen molar-refractivity contribution in [3.8, 4) is 0 Å².